The lowest BCUT2D eigenvalue weighted by molar-refractivity contribution is -0.117. The normalized spacial score (nSPS) is 13.2. The maximum Gasteiger partial charge on any atom is 0.224 e. The molecule has 0 aromatic heterocycles. The minimum absolute atomic E-state index is 0.0398. The lowest BCUT2D eigenvalue weighted by atomic mass is 9.80. The molecule has 0 saturated carbocycles. The Morgan fingerprint density at radius 2 is 2.06 bits per heavy atom. The maximum absolute atomic E-state index is 13.5. The molecule has 0 spiro atoms. The number of para-hydroxylation sites is 1. The molecular formula is C14H21FN2O. The van der Waals surface area contributed by atoms with E-state index in [2.05, 4.69) is 26.1 Å². The summed E-state index contributed by atoms with van der Waals surface area (Å²) in [6.45, 7) is 8.22. The molecule has 0 aliphatic heterocycles. The molecule has 0 fully saturated rings. The van der Waals surface area contributed by atoms with Crippen LogP contribution in [-0.4, -0.2) is 5.91 Å². The van der Waals surface area contributed by atoms with Crippen molar-refractivity contribution in [2.45, 2.75) is 34.1 Å². The molecule has 0 aliphatic carbocycles. The minimum atomic E-state index is -0.508. The molecule has 1 amide bonds. The number of amides is 1. The van der Waals surface area contributed by atoms with Gasteiger partial charge in [0, 0.05) is 6.42 Å². The summed E-state index contributed by atoms with van der Waals surface area (Å²) < 4.78 is 13.5. The first-order chi connectivity index (χ1) is 8.21. The van der Waals surface area contributed by atoms with Crippen molar-refractivity contribution in [3.63, 3.8) is 0 Å². The van der Waals surface area contributed by atoms with Crippen LogP contribution in [0.15, 0.2) is 18.2 Å². The number of anilines is 2. The Balaban J connectivity index is 2.72. The molecule has 3 N–H and O–H groups in total. The van der Waals surface area contributed by atoms with Gasteiger partial charge in [-0.15, -0.1) is 0 Å². The van der Waals surface area contributed by atoms with Crippen molar-refractivity contribution in [1.82, 2.24) is 0 Å². The second kappa shape index (κ2) is 5.38. The molecule has 18 heavy (non-hydrogen) atoms. The summed E-state index contributed by atoms with van der Waals surface area (Å²) in [6, 6.07) is 4.35. The number of benzene rings is 1. The summed E-state index contributed by atoms with van der Waals surface area (Å²) in [5, 5.41) is 2.54. The van der Waals surface area contributed by atoms with Crippen molar-refractivity contribution >= 4 is 17.3 Å². The smallest absolute Gasteiger partial charge is 0.224 e. The van der Waals surface area contributed by atoms with E-state index in [1.807, 2.05) is 6.92 Å². The highest BCUT2D eigenvalue weighted by atomic mass is 19.1. The van der Waals surface area contributed by atoms with Gasteiger partial charge in [0.15, 0.2) is 0 Å². The summed E-state index contributed by atoms with van der Waals surface area (Å²) in [7, 11) is 0. The Morgan fingerprint density at radius 1 is 1.44 bits per heavy atom. The zero-order valence-electron chi connectivity index (χ0n) is 11.4. The number of halogens is 1. The molecule has 1 atom stereocenters. The van der Waals surface area contributed by atoms with E-state index in [9.17, 15) is 9.18 Å². The van der Waals surface area contributed by atoms with Gasteiger partial charge in [-0.2, -0.15) is 0 Å². The molecule has 0 saturated heterocycles. The maximum atomic E-state index is 13.5. The van der Waals surface area contributed by atoms with Gasteiger partial charge < -0.3 is 11.1 Å². The van der Waals surface area contributed by atoms with Crippen molar-refractivity contribution in [3.05, 3.63) is 24.0 Å². The summed E-state index contributed by atoms with van der Waals surface area (Å²) in [6.07, 6.45) is 0.345. The molecule has 0 bridgehead atoms. The van der Waals surface area contributed by atoms with Gasteiger partial charge in [0.2, 0.25) is 5.91 Å². The SMILES string of the molecule is CC(CC(=O)Nc1c(N)cccc1F)C(C)(C)C. The van der Waals surface area contributed by atoms with Crippen LogP contribution in [0.25, 0.3) is 0 Å². The molecule has 0 heterocycles. The predicted octanol–water partition coefficient (Wildman–Crippen LogP) is 3.42. The molecule has 0 aliphatic rings. The number of nitrogens with one attached hydrogen (secondary N) is 1. The quantitative estimate of drug-likeness (QED) is 0.810. The molecule has 1 aromatic rings. The molecule has 4 heteroatoms. The summed E-state index contributed by atoms with van der Waals surface area (Å²) in [5.74, 6) is -0.522. The van der Waals surface area contributed by atoms with Crippen LogP contribution in [0.3, 0.4) is 0 Å². The van der Waals surface area contributed by atoms with Crippen LogP contribution < -0.4 is 11.1 Å². The van der Waals surface area contributed by atoms with Crippen LogP contribution in [0.1, 0.15) is 34.1 Å². The van der Waals surface area contributed by atoms with E-state index in [-0.39, 0.29) is 28.6 Å². The zero-order valence-corrected chi connectivity index (χ0v) is 11.4. The monoisotopic (exact) mass is 252 g/mol. The van der Waals surface area contributed by atoms with Crippen molar-refractivity contribution in [1.29, 1.82) is 0 Å². The molecule has 0 radical (unpaired) electrons. The number of carbonyl (C=O) groups is 1. The van der Waals surface area contributed by atoms with Crippen LogP contribution in [0.5, 0.6) is 0 Å². The van der Waals surface area contributed by atoms with Gasteiger partial charge in [-0.05, 0) is 23.5 Å². The average molecular weight is 252 g/mol. The molecule has 1 aromatic carbocycles. The Labute approximate surface area is 108 Å². The van der Waals surface area contributed by atoms with E-state index >= 15 is 0 Å². The van der Waals surface area contributed by atoms with E-state index in [1.165, 1.54) is 12.1 Å². The van der Waals surface area contributed by atoms with Gasteiger partial charge in [-0.3, -0.25) is 4.79 Å². The average Bonchev–Trinajstić information content (AvgIpc) is 2.22. The second-order valence-electron chi connectivity index (χ2n) is 5.72. The second-order valence-corrected chi connectivity index (χ2v) is 5.72. The number of nitrogens with two attached hydrogens (primary N) is 1. The van der Waals surface area contributed by atoms with Gasteiger partial charge in [0.05, 0.1) is 5.69 Å². The number of nitrogen functional groups attached to an aromatic ring is 1. The van der Waals surface area contributed by atoms with E-state index in [0.29, 0.717) is 6.42 Å². The molecule has 1 rings (SSSR count). The Bertz CT molecular complexity index is 418. The lowest BCUT2D eigenvalue weighted by Gasteiger charge is -2.26. The van der Waals surface area contributed by atoms with Gasteiger partial charge in [0.25, 0.3) is 0 Å². The van der Waals surface area contributed by atoms with Crippen LogP contribution in [-0.2, 0) is 4.79 Å². The number of hydrogen-bond acceptors (Lipinski definition) is 2. The highest BCUT2D eigenvalue weighted by Crippen LogP contribution is 2.29. The first-order valence-corrected chi connectivity index (χ1v) is 6.05. The van der Waals surface area contributed by atoms with Crippen molar-refractivity contribution < 1.29 is 9.18 Å². The Morgan fingerprint density at radius 3 is 2.56 bits per heavy atom. The third-order valence-electron chi connectivity index (χ3n) is 3.28. The van der Waals surface area contributed by atoms with Crippen LogP contribution in [0.2, 0.25) is 0 Å². The predicted molar refractivity (Wildman–Crippen MR) is 72.7 cm³/mol. The van der Waals surface area contributed by atoms with Crippen molar-refractivity contribution in [3.8, 4) is 0 Å². The summed E-state index contributed by atoms with van der Waals surface area (Å²) in [5.41, 5.74) is 5.99. The van der Waals surface area contributed by atoms with Gasteiger partial charge in [0.1, 0.15) is 11.5 Å². The van der Waals surface area contributed by atoms with Crippen molar-refractivity contribution in [2.75, 3.05) is 11.1 Å². The fourth-order valence-electron chi connectivity index (χ4n) is 1.45. The number of rotatable bonds is 3. The van der Waals surface area contributed by atoms with Crippen LogP contribution >= 0.6 is 0 Å². The summed E-state index contributed by atoms with van der Waals surface area (Å²) >= 11 is 0. The standard InChI is InChI=1S/C14H21FN2O/c1-9(14(2,3)4)8-12(18)17-13-10(15)6-5-7-11(13)16/h5-7,9H,8,16H2,1-4H3,(H,17,18). The van der Waals surface area contributed by atoms with Crippen LogP contribution in [0, 0.1) is 17.2 Å². The third-order valence-corrected chi connectivity index (χ3v) is 3.28. The van der Waals surface area contributed by atoms with Gasteiger partial charge in [-0.1, -0.05) is 33.8 Å². The van der Waals surface area contributed by atoms with Gasteiger partial charge >= 0.3 is 0 Å². The zero-order chi connectivity index (χ0) is 13.9. The lowest BCUT2D eigenvalue weighted by Crippen LogP contribution is -2.24. The largest absolute Gasteiger partial charge is 0.397 e. The van der Waals surface area contributed by atoms with E-state index in [1.54, 1.807) is 6.07 Å². The van der Waals surface area contributed by atoms with Gasteiger partial charge in [-0.25, -0.2) is 4.39 Å². The molecular weight excluding hydrogens is 231 g/mol. The first-order valence-electron chi connectivity index (χ1n) is 6.05. The Hall–Kier alpha value is -1.58. The number of carbonyl (C=O) groups excluding carboxylic acids is 1. The minimum Gasteiger partial charge on any atom is -0.397 e. The highest BCUT2D eigenvalue weighted by molar-refractivity contribution is 5.94. The van der Waals surface area contributed by atoms with Crippen molar-refractivity contribution in [2.24, 2.45) is 11.3 Å². The fourth-order valence-corrected chi connectivity index (χ4v) is 1.45. The van der Waals surface area contributed by atoms with E-state index in [4.69, 9.17) is 5.73 Å². The summed E-state index contributed by atoms with van der Waals surface area (Å²) in [4.78, 5) is 11.8. The third kappa shape index (κ3) is 3.72. The van der Waals surface area contributed by atoms with Crippen LogP contribution in [0.4, 0.5) is 15.8 Å². The molecule has 3 nitrogen and oxygen atoms in total. The van der Waals surface area contributed by atoms with E-state index in [0.717, 1.165) is 0 Å². The first kappa shape index (κ1) is 14.5. The molecule has 1 unspecified atom stereocenters. The Kier molecular flexibility index (Phi) is 4.33. The molecule has 100 valence electrons. The topological polar surface area (TPSA) is 55.1 Å². The number of hydrogen-bond donors (Lipinski definition) is 2. The fraction of sp³-hybridized carbons (Fsp3) is 0.500. The highest BCUT2D eigenvalue weighted by Gasteiger charge is 2.23. The van der Waals surface area contributed by atoms with E-state index < -0.39 is 5.82 Å².